The van der Waals surface area contributed by atoms with Crippen LogP contribution in [0.3, 0.4) is 0 Å². The van der Waals surface area contributed by atoms with Crippen molar-refractivity contribution in [1.29, 1.82) is 0 Å². The molecule has 4 heteroatoms. The van der Waals surface area contributed by atoms with E-state index in [1.54, 1.807) is 12.1 Å². The SMILES string of the molecule is CC(C)CC(=O)O.O=C(O)Cc1ccccc1. The molecule has 0 fully saturated rings. The zero-order valence-electron chi connectivity index (χ0n) is 10.1. The summed E-state index contributed by atoms with van der Waals surface area (Å²) < 4.78 is 0. The van der Waals surface area contributed by atoms with Crippen LogP contribution in [0.1, 0.15) is 25.8 Å². The van der Waals surface area contributed by atoms with E-state index in [1.807, 2.05) is 32.0 Å². The molecule has 1 aromatic carbocycles. The summed E-state index contributed by atoms with van der Waals surface area (Å²) in [6, 6.07) is 9.13. The van der Waals surface area contributed by atoms with E-state index in [9.17, 15) is 9.59 Å². The molecule has 1 rings (SSSR count). The van der Waals surface area contributed by atoms with Crippen molar-refractivity contribution >= 4 is 11.9 Å². The second kappa shape index (κ2) is 8.33. The Bertz CT molecular complexity index is 344. The maximum Gasteiger partial charge on any atom is 0.307 e. The summed E-state index contributed by atoms with van der Waals surface area (Å²) >= 11 is 0. The number of hydrogen-bond acceptors (Lipinski definition) is 2. The Hall–Kier alpha value is -1.84. The van der Waals surface area contributed by atoms with Gasteiger partial charge in [-0.15, -0.1) is 0 Å². The van der Waals surface area contributed by atoms with Crippen LogP contribution in [-0.4, -0.2) is 22.2 Å². The highest BCUT2D eigenvalue weighted by Gasteiger charge is 1.98. The van der Waals surface area contributed by atoms with Gasteiger partial charge in [-0.2, -0.15) is 0 Å². The molecule has 94 valence electrons. The van der Waals surface area contributed by atoms with E-state index in [2.05, 4.69) is 0 Å². The molecule has 0 amide bonds. The topological polar surface area (TPSA) is 74.6 Å². The van der Waals surface area contributed by atoms with Crippen molar-refractivity contribution in [3.8, 4) is 0 Å². The van der Waals surface area contributed by atoms with E-state index in [0.717, 1.165) is 5.56 Å². The molecular weight excluding hydrogens is 220 g/mol. The molecule has 0 saturated carbocycles. The Morgan fingerprint density at radius 1 is 1.06 bits per heavy atom. The molecule has 4 nitrogen and oxygen atoms in total. The fourth-order valence-corrected chi connectivity index (χ4v) is 1.12. The molecule has 0 spiro atoms. The van der Waals surface area contributed by atoms with E-state index < -0.39 is 11.9 Å². The number of carbonyl (C=O) groups is 2. The number of rotatable bonds is 4. The third-order valence-corrected chi connectivity index (χ3v) is 1.78. The minimum atomic E-state index is -0.786. The van der Waals surface area contributed by atoms with Gasteiger partial charge in [0.1, 0.15) is 0 Å². The first-order valence-corrected chi connectivity index (χ1v) is 5.39. The molecule has 2 N–H and O–H groups in total. The highest BCUT2D eigenvalue weighted by atomic mass is 16.4. The molecule has 0 aliphatic heterocycles. The van der Waals surface area contributed by atoms with Crippen LogP contribution in [0.5, 0.6) is 0 Å². The molecule has 0 radical (unpaired) electrons. The standard InChI is InChI=1S/C8H8O2.C5H10O2/c9-8(10)6-7-4-2-1-3-5-7;1-4(2)3-5(6)7/h1-5H,6H2,(H,9,10);4H,3H2,1-2H3,(H,6,7). The molecule has 0 aliphatic carbocycles. The molecule has 0 unspecified atom stereocenters. The first-order valence-electron chi connectivity index (χ1n) is 5.39. The van der Waals surface area contributed by atoms with E-state index in [0.29, 0.717) is 0 Å². The van der Waals surface area contributed by atoms with Gasteiger partial charge < -0.3 is 10.2 Å². The average molecular weight is 238 g/mol. The number of aliphatic carboxylic acids is 2. The molecule has 0 aliphatic rings. The van der Waals surface area contributed by atoms with E-state index in [-0.39, 0.29) is 18.8 Å². The Labute approximate surface area is 101 Å². The fourth-order valence-electron chi connectivity index (χ4n) is 1.12. The van der Waals surface area contributed by atoms with Gasteiger partial charge in [0.15, 0.2) is 0 Å². The molecule has 1 aromatic rings. The lowest BCUT2D eigenvalue weighted by molar-refractivity contribution is -0.138. The summed E-state index contributed by atoms with van der Waals surface area (Å²) in [7, 11) is 0. The molecule has 0 aromatic heterocycles. The van der Waals surface area contributed by atoms with Gasteiger partial charge in [-0.05, 0) is 11.5 Å². The normalized spacial score (nSPS) is 9.35. The smallest absolute Gasteiger partial charge is 0.307 e. The summed E-state index contributed by atoms with van der Waals surface area (Å²) in [5.74, 6) is -1.22. The second-order valence-electron chi connectivity index (χ2n) is 4.05. The average Bonchev–Trinajstić information content (AvgIpc) is 2.16. The van der Waals surface area contributed by atoms with Crippen LogP contribution in [0.15, 0.2) is 30.3 Å². The Kier molecular flexibility index (Phi) is 7.43. The van der Waals surface area contributed by atoms with Gasteiger partial charge >= 0.3 is 11.9 Å². The van der Waals surface area contributed by atoms with Crippen molar-refractivity contribution < 1.29 is 19.8 Å². The van der Waals surface area contributed by atoms with Gasteiger partial charge in [-0.25, -0.2) is 0 Å². The maximum atomic E-state index is 10.2. The van der Waals surface area contributed by atoms with Crippen LogP contribution in [0.4, 0.5) is 0 Å². The van der Waals surface area contributed by atoms with Gasteiger partial charge in [0.05, 0.1) is 6.42 Å². The van der Waals surface area contributed by atoms with Crippen LogP contribution in [0.2, 0.25) is 0 Å². The highest BCUT2D eigenvalue weighted by Crippen LogP contribution is 1.98. The quantitative estimate of drug-likeness (QED) is 0.844. The van der Waals surface area contributed by atoms with Crippen molar-refractivity contribution in [3.05, 3.63) is 35.9 Å². The van der Waals surface area contributed by atoms with Crippen molar-refractivity contribution in [1.82, 2.24) is 0 Å². The summed E-state index contributed by atoms with van der Waals surface area (Å²) in [6.45, 7) is 3.77. The van der Waals surface area contributed by atoms with Crippen LogP contribution in [0.25, 0.3) is 0 Å². The van der Waals surface area contributed by atoms with Gasteiger partial charge in [-0.3, -0.25) is 9.59 Å². The Balaban J connectivity index is 0.000000325. The number of hydrogen-bond donors (Lipinski definition) is 2. The zero-order valence-corrected chi connectivity index (χ0v) is 10.1. The number of benzene rings is 1. The minimum Gasteiger partial charge on any atom is -0.481 e. The summed E-state index contributed by atoms with van der Waals surface area (Å²) in [5.41, 5.74) is 0.843. The van der Waals surface area contributed by atoms with Gasteiger partial charge in [0, 0.05) is 6.42 Å². The Morgan fingerprint density at radius 3 is 1.88 bits per heavy atom. The Morgan fingerprint density at radius 2 is 1.59 bits per heavy atom. The predicted molar refractivity (Wildman–Crippen MR) is 64.9 cm³/mol. The second-order valence-corrected chi connectivity index (χ2v) is 4.05. The van der Waals surface area contributed by atoms with Crippen LogP contribution in [0, 0.1) is 5.92 Å². The predicted octanol–water partition coefficient (Wildman–Crippen LogP) is 2.43. The third kappa shape index (κ3) is 10.4. The van der Waals surface area contributed by atoms with Crippen molar-refractivity contribution in [2.45, 2.75) is 26.7 Å². The lowest BCUT2D eigenvalue weighted by atomic mass is 10.1. The fraction of sp³-hybridized carbons (Fsp3) is 0.385. The largest absolute Gasteiger partial charge is 0.481 e. The third-order valence-electron chi connectivity index (χ3n) is 1.78. The molecule has 0 heterocycles. The monoisotopic (exact) mass is 238 g/mol. The molecule has 0 atom stereocenters. The van der Waals surface area contributed by atoms with E-state index >= 15 is 0 Å². The van der Waals surface area contributed by atoms with E-state index in [1.165, 1.54) is 0 Å². The van der Waals surface area contributed by atoms with Crippen molar-refractivity contribution in [2.75, 3.05) is 0 Å². The maximum absolute atomic E-state index is 10.2. The lowest BCUT2D eigenvalue weighted by Gasteiger charge is -1.94. The van der Waals surface area contributed by atoms with Gasteiger partial charge in [0.25, 0.3) is 0 Å². The highest BCUT2D eigenvalue weighted by molar-refractivity contribution is 5.70. The summed E-state index contributed by atoms with van der Waals surface area (Å²) in [4.78, 5) is 20.0. The van der Waals surface area contributed by atoms with Crippen LogP contribution < -0.4 is 0 Å². The van der Waals surface area contributed by atoms with Crippen molar-refractivity contribution in [2.24, 2.45) is 5.92 Å². The van der Waals surface area contributed by atoms with Gasteiger partial charge in [0.2, 0.25) is 0 Å². The van der Waals surface area contributed by atoms with Crippen molar-refractivity contribution in [3.63, 3.8) is 0 Å². The molecule has 0 saturated heterocycles. The first kappa shape index (κ1) is 15.2. The van der Waals surface area contributed by atoms with Crippen LogP contribution >= 0.6 is 0 Å². The summed E-state index contributed by atoms with van der Waals surface area (Å²) in [5, 5.41) is 16.5. The number of carboxylic acid groups (broad SMARTS) is 2. The summed E-state index contributed by atoms with van der Waals surface area (Å²) in [6.07, 6.45) is 0.390. The number of carboxylic acids is 2. The van der Waals surface area contributed by atoms with E-state index in [4.69, 9.17) is 10.2 Å². The van der Waals surface area contributed by atoms with Gasteiger partial charge in [-0.1, -0.05) is 44.2 Å². The molecule has 17 heavy (non-hydrogen) atoms. The zero-order chi connectivity index (χ0) is 13.3. The lowest BCUT2D eigenvalue weighted by Crippen LogP contribution is -1.99. The first-order chi connectivity index (χ1) is 7.91. The molecular formula is C13H18O4. The van der Waals surface area contributed by atoms with Crippen LogP contribution in [-0.2, 0) is 16.0 Å². The molecule has 0 bridgehead atoms. The minimum absolute atomic E-state index is 0.112.